The molecule has 6 heteroatoms. The quantitative estimate of drug-likeness (QED) is 0.741. The number of aliphatic hydroxyl groups excluding tert-OH is 1. The zero-order valence-electron chi connectivity index (χ0n) is 11.8. The van der Waals surface area contributed by atoms with Crippen LogP contribution in [-0.2, 0) is 6.42 Å². The number of benzene rings is 1. The molecule has 1 atom stereocenters. The first kappa shape index (κ1) is 13.9. The number of fused-ring (bicyclic) bond motifs is 1. The Labute approximate surface area is 122 Å². The van der Waals surface area contributed by atoms with Crippen LogP contribution >= 0.6 is 0 Å². The molecule has 2 aliphatic rings. The molecule has 0 aromatic heterocycles. The molecule has 3 N–H and O–H groups in total. The topological polar surface area (TPSA) is 87.7 Å². The van der Waals surface area contributed by atoms with Gasteiger partial charge in [-0.2, -0.15) is 0 Å². The first-order chi connectivity index (χ1) is 10.1. The van der Waals surface area contributed by atoms with Crippen molar-refractivity contribution in [2.75, 3.05) is 13.7 Å². The van der Waals surface area contributed by atoms with Crippen molar-refractivity contribution in [3.8, 4) is 5.75 Å². The van der Waals surface area contributed by atoms with E-state index in [2.05, 4.69) is 10.6 Å². The van der Waals surface area contributed by atoms with Gasteiger partial charge in [0.2, 0.25) is 0 Å². The molecule has 6 nitrogen and oxygen atoms in total. The van der Waals surface area contributed by atoms with Crippen LogP contribution in [-0.4, -0.2) is 42.7 Å². The van der Waals surface area contributed by atoms with E-state index in [-0.39, 0.29) is 30.6 Å². The van der Waals surface area contributed by atoms with Crippen molar-refractivity contribution in [2.24, 2.45) is 0 Å². The number of rotatable bonds is 4. The van der Waals surface area contributed by atoms with Gasteiger partial charge < -0.3 is 20.5 Å². The third-order valence-electron chi connectivity index (χ3n) is 3.75. The Morgan fingerprint density at radius 2 is 2.10 bits per heavy atom. The van der Waals surface area contributed by atoms with Gasteiger partial charge in [-0.15, -0.1) is 0 Å². The Morgan fingerprint density at radius 3 is 2.71 bits per heavy atom. The Hall–Kier alpha value is -2.08. The van der Waals surface area contributed by atoms with E-state index in [9.17, 15) is 14.7 Å². The molecule has 1 aromatic carbocycles. The summed E-state index contributed by atoms with van der Waals surface area (Å²) in [5.41, 5.74) is 1.59. The average Bonchev–Trinajstić information content (AvgIpc) is 3.20. The second-order valence-corrected chi connectivity index (χ2v) is 5.47. The van der Waals surface area contributed by atoms with Crippen LogP contribution in [0.2, 0.25) is 0 Å². The molecule has 21 heavy (non-hydrogen) atoms. The lowest BCUT2D eigenvalue weighted by Crippen LogP contribution is -2.26. The number of carbonyl (C=O) groups excluding carboxylic acids is 2. The minimum atomic E-state index is -0.356. The normalized spacial score (nSPS) is 19.6. The fraction of sp³-hybridized carbons (Fsp3) is 0.467. The average molecular weight is 290 g/mol. The van der Waals surface area contributed by atoms with E-state index >= 15 is 0 Å². The van der Waals surface area contributed by atoms with Crippen molar-refractivity contribution < 1.29 is 19.4 Å². The summed E-state index contributed by atoms with van der Waals surface area (Å²) in [4.78, 5) is 24.2. The lowest BCUT2D eigenvalue weighted by Gasteiger charge is -2.11. The molecular formula is C15H18N2O4. The molecule has 1 aromatic rings. The minimum absolute atomic E-state index is 0.120. The number of carbonyl (C=O) groups is 2. The fourth-order valence-electron chi connectivity index (χ4n) is 2.47. The molecule has 0 spiro atoms. The predicted molar refractivity (Wildman–Crippen MR) is 75.5 cm³/mol. The van der Waals surface area contributed by atoms with E-state index in [1.165, 1.54) is 7.05 Å². The fourth-order valence-corrected chi connectivity index (χ4v) is 2.47. The van der Waals surface area contributed by atoms with E-state index in [0.29, 0.717) is 23.3 Å². The van der Waals surface area contributed by atoms with Gasteiger partial charge in [0, 0.05) is 25.1 Å². The van der Waals surface area contributed by atoms with Gasteiger partial charge in [0.1, 0.15) is 11.9 Å². The van der Waals surface area contributed by atoms with E-state index in [1.54, 1.807) is 12.1 Å². The summed E-state index contributed by atoms with van der Waals surface area (Å²) in [5.74, 6) is 0.000171. The van der Waals surface area contributed by atoms with Gasteiger partial charge >= 0.3 is 0 Å². The molecule has 3 rings (SSSR count). The SMILES string of the molecule is CNC(=O)c1cc(C(=O)NC2CC2)cc2c1O[C@H](CO)C2. The van der Waals surface area contributed by atoms with Crippen LogP contribution in [0.1, 0.15) is 39.1 Å². The maximum atomic E-state index is 12.2. The molecule has 2 amide bonds. The number of hydrogen-bond acceptors (Lipinski definition) is 4. The zero-order valence-corrected chi connectivity index (χ0v) is 11.8. The first-order valence-electron chi connectivity index (χ1n) is 7.09. The lowest BCUT2D eigenvalue weighted by atomic mass is 10.0. The minimum Gasteiger partial charge on any atom is -0.487 e. The van der Waals surface area contributed by atoms with E-state index in [0.717, 1.165) is 18.4 Å². The second kappa shape index (κ2) is 5.37. The summed E-state index contributed by atoms with van der Waals surface area (Å²) in [5, 5.41) is 14.7. The molecule has 1 aliphatic heterocycles. The smallest absolute Gasteiger partial charge is 0.254 e. The maximum Gasteiger partial charge on any atom is 0.254 e. The molecule has 0 radical (unpaired) electrons. The Bertz CT molecular complexity index is 596. The van der Waals surface area contributed by atoms with Crippen LogP contribution in [0.4, 0.5) is 0 Å². The highest BCUT2D eigenvalue weighted by Crippen LogP contribution is 2.34. The molecule has 0 saturated heterocycles. The molecule has 1 heterocycles. The monoisotopic (exact) mass is 290 g/mol. The van der Waals surface area contributed by atoms with Crippen molar-refractivity contribution in [3.63, 3.8) is 0 Å². The van der Waals surface area contributed by atoms with Crippen molar-refractivity contribution in [2.45, 2.75) is 31.4 Å². The summed E-state index contributed by atoms with van der Waals surface area (Å²) in [6, 6.07) is 3.56. The van der Waals surface area contributed by atoms with Gasteiger partial charge in [0.15, 0.2) is 0 Å². The van der Waals surface area contributed by atoms with Gasteiger partial charge in [-0.3, -0.25) is 9.59 Å². The van der Waals surface area contributed by atoms with Gasteiger partial charge in [0.25, 0.3) is 11.8 Å². The highest BCUT2D eigenvalue weighted by molar-refractivity contribution is 6.02. The highest BCUT2D eigenvalue weighted by Gasteiger charge is 2.30. The van der Waals surface area contributed by atoms with Gasteiger partial charge in [0.05, 0.1) is 12.2 Å². The molecule has 0 unspecified atom stereocenters. The van der Waals surface area contributed by atoms with Crippen LogP contribution in [0.25, 0.3) is 0 Å². The van der Waals surface area contributed by atoms with Crippen molar-refractivity contribution in [1.82, 2.24) is 10.6 Å². The van der Waals surface area contributed by atoms with Crippen LogP contribution in [0.3, 0.4) is 0 Å². The Kier molecular flexibility index (Phi) is 3.55. The number of ether oxygens (including phenoxy) is 1. The molecule has 1 saturated carbocycles. The van der Waals surface area contributed by atoms with Crippen LogP contribution in [0.5, 0.6) is 5.75 Å². The van der Waals surface area contributed by atoms with Crippen LogP contribution in [0, 0.1) is 0 Å². The van der Waals surface area contributed by atoms with Gasteiger partial charge in [-0.1, -0.05) is 0 Å². The highest BCUT2D eigenvalue weighted by atomic mass is 16.5. The summed E-state index contributed by atoms with van der Waals surface area (Å²) < 4.78 is 5.60. The van der Waals surface area contributed by atoms with Crippen molar-refractivity contribution in [3.05, 3.63) is 28.8 Å². The summed E-state index contributed by atoms with van der Waals surface area (Å²) in [6.07, 6.45) is 2.16. The molecule has 1 fully saturated rings. The standard InChI is InChI=1S/C15H18N2O4/c1-16-15(20)12-6-9(14(19)17-10-2-3-10)4-8-5-11(7-18)21-13(8)12/h4,6,10-11,18H,2-3,5,7H2,1H3,(H,16,20)(H,17,19)/t11-/m0/s1. The second-order valence-electron chi connectivity index (χ2n) is 5.47. The third-order valence-corrected chi connectivity index (χ3v) is 3.75. The van der Waals surface area contributed by atoms with Crippen molar-refractivity contribution >= 4 is 11.8 Å². The maximum absolute atomic E-state index is 12.2. The Morgan fingerprint density at radius 1 is 1.33 bits per heavy atom. The number of nitrogens with one attached hydrogen (secondary N) is 2. The van der Waals surface area contributed by atoms with Crippen molar-refractivity contribution in [1.29, 1.82) is 0 Å². The third kappa shape index (κ3) is 2.71. The summed E-state index contributed by atoms with van der Waals surface area (Å²) in [7, 11) is 1.53. The predicted octanol–water partition coefficient (Wildman–Crippen LogP) is 0.234. The molecular weight excluding hydrogens is 272 g/mol. The van der Waals surface area contributed by atoms with Gasteiger partial charge in [-0.25, -0.2) is 0 Å². The van der Waals surface area contributed by atoms with Crippen LogP contribution in [0.15, 0.2) is 12.1 Å². The number of amides is 2. The molecule has 1 aliphatic carbocycles. The largest absolute Gasteiger partial charge is 0.487 e. The lowest BCUT2D eigenvalue weighted by molar-refractivity contribution is 0.0950. The van der Waals surface area contributed by atoms with Gasteiger partial charge in [-0.05, 0) is 30.5 Å². The first-order valence-corrected chi connectivity index (χ1v) is 7.09. The molecule has 112 valence electrons. The number of hydrogen-bond donors (Lipinski definition) is 3. The van der Waals surface area contributed by atoms with E-state index < -0.39 is 0 Å². The number of aliphatic hydroxyl groups is 1. The van der Waals surface area contributed by atoms with E-state index in [1.807, 2.05) is 0 Å². The zero-order chi connectivity index (χ0) is 15.0. The van der Waals surface area contributed by atoms with E-state index in [4.69, 9.17) is 4.74 Å². The van der Waals surface area contributed by atoms with Crippen LogP contribution < -0.4 is 15.4 Å². The molecule has 0 bridgehead atoms. The Balaban J connectivity index is 1.96. The summed E-state index contributed by atoms with van der Waals surface area (Å²) >= 11 is 0. The summed E-state index contributed by atoms with van der Waals surface area (Å²) in [6.45, 7) is -0.120.